The van der Waals surface area contributed by atoms with Gasteiger partial charge in [0.2, 0.25) is 5.41 Å². The molecule has 0 N–H and O–H groups in total. The zero-order chi connectivity index (χ0) is 19.9. The highest BCUT2D eigenvalue weighted by Crippen LogP contribution is 2.52. The maximum Gasteiger partial charge on any atom is 0.409 e. The number of carbonyl (C=O) groups is 2. The van der Waals surface area contributed by atoms with Crippen LogP contribution >= 0.6 is 0 Å². The number of hydrogen-bond donors (Lipinski definition) is 0. The number of rotatable bonds is 6. The van der Waals surface area contributed by atoms with E-state index in [1.807, 2.05) is 13.8 Å². The van der Waals surface area contributed by atoms with E-state index in [0.717, 1.165) is 0 Å². The van der Waals surface area contributed by atoms with Gasteiger partial charge in [0.15, 0.2) is 5.78 Å². The molecule has 0 heterocycles. The smallest absolute Gasteiger partial charge is 0.305 e. The van der Waals surface area contributed by atoms with E-state index in [0.29, 0.717) is 0 Å². The van der Waals surface area contributed by atoms with Crippen molar-refractivity contribution in [3.05, 3.63) is 0 Å². The van der Waals surface area contributed by atoms with Crippen molar-refractivity contribution in [2.75, 3.05) is 0 Å². The zero-order valence-electron chi connectivity index (χ0n) is 14.9. The topological polar surface area (TPSA) is 34.1 Å². The summed E-state index contributed by atoms with van der Waals surface area (Å²) in [6, 6.07) is 0. The first-order valence-electron chi connectivity index (χ1n) is 7.44. The highest BCUT2D eigenvalue weighted by Gasteiger charge is 2.72. The van der Waals surface area contributed by atoms with Gasteiger partial charge in [-0.15, -0.1) is 0 Å². The van der Waals surface area contributed by atoms with Crippen LogP contribution in [0.15, 0.2) is 0 Å². The Labute approximate surface area is 139 Å². The first-order chi connectivity index (χ1) is 10.2. The Morgan fingerprint density at radius 1 is 0.875 bits per heavy atom. The van der Waals surface area contributed by atoms with Crippen LogP contribution in [0.3, 0.4) is 0 Å². The van der Waals surface area contributed by atoms with E-state index in [1.54, 1.807) is 26.9 Å². The fourth-order valence-corrected chi connectivity index (χ4v) is 4.87. The third kappa shape index (κ3) is 3.70. The van der Waals surface area contributed by atoms with Gasteiger partial charge in [0.1, 0.15) is 13.5 Å². The minimum absolute atomic E-state index is 0.0187. The summed E-state index contributed by atoms with van der Waals surface area (Å²) in [5.74, 6) is -2.16. The molecule has 0 aliphatic heterocycles. The molecule has 0 atom stereocenters. The molecule has 0 radical (unpaired) electrons. The van der Waals surface area contributed by atoms with Crippen LogP contribution in [0.5, 0.6) is 0 Å². The van der Waals surface area contributed by atoms with Gasteiger partial charge >= 0.3 is 12.4 Å². The highest BCUT2D eigenvalue weighted by atomic mass is 28.3. The molecule has 0 saturated heterocycles. The normalized spacial score (nSPS) is 14.9. The van der Waals surface area contributed by atoms with Crippen LogP contribution in [-0.2, 0) is 9.59 Å². The second-order valence-corrected chi connectivity index (χ2v) is 12.7. The van der Waals surface area contributed by atoms with Gasteiger partial charge in [-0.2, -0.15) is 26.3 Å². The fourth-order valence-electron chi connectivity index (χ4n) is 2.10. The summed E-state index contributed by atoms with van der Waals surface area (Å²) in [4.78, 5) is 24.3. The number of hydrogen-bond acceptors (Lipinski definition) is 2. The second kappa shape index (κ2) is 6.46. The van der Waals surface area contributed by atoms with E-state index in [-0.39, 0.29) is 12.8 Å². The predicted molar refractivity (Wildman–Crippen MR) is 81.2 cm³/mol. The van der Waals surface area contributed by atoms with E-state index in [1.165, 1.54) is 0 Å². The van der Waals surface area contributed by atoms with E-state index < -0.39 is 48.5 Å². The molecule has 0 saturated carbocycles. The van der Waals surface area contributed by atoms with E-state index in [2.05, 4.69) is 0 Å². The van der Waals surface area contributed by atoms with Crippen LogP contribution in [0.2, 0.25) is 18.1 Å². The van der Waals surface area contributed by atoms with Gasteiger partial charge in [-0.1, -0.05) is 40.8 Å². The summed E-state index contributed by atoms with van der Waals surface area (Å²) in [5.41, 5.74) is -4.54. The van der Waals surface area contributed by atoms with Crippen LogP contribution < -0.4 is 0 Å². The van der Waals surface area contributed by atoms with Gasteiger partial charge < -0.3 is 4.79 Å². The fraction of sp³-hybridized carbons (Fsp3) is 0.867. The lowest BCUT2D eigenvalue weighted by molar-refractivity contribution is -0.318. The van der Waals surface area contributed by atoms with Crippen LogP contribution in [0.25, 0.3) is 0 Å². The molecule has 0 unspecified atom stereocenters. The molecule has 142 valence electrons. The van der Waals surface area contributed by atoms with E-state index in [9.17, 15) is 35.9 Å². The molecule has 0 bridgehead atoms. The van der Waals surface area contributed by atoms with Crippen LogP contribution in [0.4, 0.5) is 26.3 Å². The maximum atomic E-state index is 12.9. The van der Waals surface area contributed by atoms with Crippen molar-refractivity contribution >= 4 is 19.3 Å². The van der Waals surface area contributed by atoms with Crippen LogP contribution in [0, 0.1) is 11.3 Å². The largest absolute Gasteiger partial charge is 0.409 e. The van der Waals surface area contributed by atoms with Crippen molar-refractivity contribution < 1.29 is 35.9 Å². The van der Waals surface area contributed by atoms with Crippen LogP contribution in [-0.4, -0.2) is 31.6 Å². The Kier molecular flexibility index (Phi) is 6.22. The third-order valence-electron chi connectivity index (χ3n) is 5.76. The molecule has 0 fully saturated rings. The van der Waals surface area contributed by atoms with Crippen molar-refractivity contribution in [3.8, 4) is 0 Å². The molecule has 0 aliphatic carbocycles. The average Bonchev–Trinajstić information content (AvgIpc) is 2.33. The predicted octanol–water partition coefficient (Wildman–Crippen LogP) is 5.33. The minimum atomic E-state index is -5.82. The molecular weight excluding hydrogens is 354 g/mol. The van der Waals surface area contributed by atoms with Gasteiger partial charge in [0.05, 0.1) is 6.42 Å². The van der Waals surface area contributed by atoms with Gasteiger partial charge in [-0.05, 0) is 17.9 Å². The Hall–Kier alpha value is -0.863. The molecule has 0 aromatic carbocycles. The lowest BCUT2D eigenvalue weighted by atomic mass is 9.82. The molecule has 9 heteroatoms. The first-order valence-corrected chi connectivity index (χ1v) is 10.4. The monoisotopic (exact) mass is 378 g/mol. The van der Waals surface area contributed by atoms with Gasteiger partial charge in [0.25, 0.3) is 0 Å². The lowest BCUT2D eigenvalue weighted by Crippen LogP contribution is -2.56. The minimum Gasteiger partial charge on any atom is -0.305 e. The standard InChI is InChI=1S/C15H24F6O2Si/c1-9(2)12(3,4)24(6,7)11(23)8-10(22)13(5,14(16,17)18)15(19,20)21/h9H,8H2,1-7H3. The van der Waals surface area contributed by atoms with Crippen molar-refractivity contribution in [3.63, 3.8) is 0 Å². The summed E-state index contributed by atoms with van der Waals surface area (Å²) in [7, 11) is -2.95. The molecule has 0 aliphatic rings. The van der Waals surface area contributed by atoms with E-state index >= 15 is 0 Å². The Morgan fingerprint density at radius 2 is 1.21 bits per heavy atom. The quantitative estimate of drug-likeness (QED) is 0.356. The second-order valence-electron chi connectivity index (χ2n) is 7.65. The Balaban J connectivity index is 5.77. The molecule has 0 aromatic heterocycles. The van der Waals surface area contributed by atoms with Gasteiger partial charge in [-0.3, -0.25) is 4.79 Å². The third-order valence-corrected chi connectivity index (χ3v) is 11.1. The summed E-state index contributed by atoms with van der Waals surface area (Å²) >= 11 is 0. The Morgan fingerprint density at radius 3 is 1.46 bits per heavy atom. The Bertz CT molecular complexity index is 489. The van der Waals surface area contributed by atoms with Crippen LogP contribution in [0.1, 0.15) is 41.0 Å². The molecule has 0 amide bonds. The molecule has 0 aromatic rings. The highest BCUT2D eigenvalue weighted by molar-refractivity contribution is 7.06. The molecule has 2 nitrogen and oxygen atoms in total. The zero-order valence-corrected chi connectivity index (χ0v) is 15.9. The van der Waals surface area contributed by atoms with Crippen molar-refractivity contribution in [1.29, 1.82) is 0 Å². The maximum absolute atomic E-state index is 12.9. The SMILES string of the molecule is CC(C)C(C)(C)[Si](C)(C)C(=O)CC(=O)C(C)(C(F)(F)F)C(F)(F)F. The number of alkyl halides is 6. The van der Waals surface area contributed by atoms with Gasteiger partial charge in [-0.25, -0.2) is 0 Å². The summed E-state index contributed by atoms with van der Waals surface area (Å²) in [5, 5.41) is -1.39. The number of ketones is 1. The number of halogens is 6. The summed E-state index contributed by atoms with van der Waals surface area (Å²) < 4.78 is 77.5. The molecule has 0 rings (SSSR count). The number of Topliss-reactive ketones (excluding diaryl/α,β-unsaturated/α-hetero) is 1. The molecular formula is C15H24F6O2Si. The average molecular weight is 378 g/mol. The summed E-state index contributed by atoms with van der Waals surface area (Å²) in [6.07, 6.45) is -13.0. The van der Waals surface area contributed by atoms with E-state index in [4.69, 9.17) is 0 Å². The summed E-state index contributed by atoms with van der Waals surface area (Å²) in [6.45, 7) is 10.1. The van der Waals surface area contributed by atoms with Crippen molar-refractivity contribution in [2.45, 2.75) is 71.5 Å². The molecule has 0 spiro atoms. The first kappa shape index (κ1) is 23.1. The van der Waals surface area contributed by atoms with Gasteiger partial charge in [0, 0.05) is 0 Å². The van der Waals surface area contributed by atoms with Crippen molar-refractivity contribution in [2.24, 2.45) is 11.3 Å². The van der Waals surface area contributed by atoms with Crippen molar-refractivity contribution in [1.82, 2.24) is 0 Å². The lowest BCUT2D eigenvalue weighted by Gasteiger charge is -2.42. The molecule has 24 heavy (non-hydrogen) atoms. The number of carbonyl (C=O) groups excluding carboxylic acids is 2.